The predicted octanol–water partition coefficient (Wildman–Crippen LogP) is 1.37. The fourth-order valence-electron chi connectivity index (χ4n) is 1.64. The van der Waals surface area contributed by atoms with Gasteiger partial charge in [-0.3, -0.25) is 0 Å². The molecule has 0 atom stereocenters. The van der Waals surface area contributed by atoms with Gasteiger partial charge >= 0.3 is 113 Å². The van der Waals surface area contributed by atoms with E-state index in [-0.39, 0.29) is 4.46 Å². The zero-order valence-corrected chi connectivity index (χ0v) is 12.0. The predicted molar refractivity (Wildman–Crippen MR) is 72.3 cm³/mol. The molecular formula is C14H15NO3Se. The molecule has 2 N–H and O–H groups in total. The van der Waals surface area contributed by atoms with Gasteiger partial charge in [0.25, 0.3) is 0 Å². The van der Waals surface area contributed by atoms with Crippen LogP contribution in [0, 0.1) is 0 Å². The average Bonchev–Trinajstić information content (AvgIpc) is 2.39. The van der Waals surface area contributed by atoms with Gasteiger partial charge < -0.3 is 0 Å². The molecule has 0 amide bonds. The molecule has 0 saturated carbocycles. The molecule has 0 fully saturated rings. The van der Waals surface area contributed by atoms with Crippen molar-refractivity contribution in [1.29, 1.82) is 0 Å². The third kappa shape index (κ3) is 4.26. The second kappa shape index (κ2) is 6.08. The first kappa shape index (κ1) is 13.9. The Morgan fingerprint density at radius 1 is 0.842 bits per heavy atom. The number of hydrogen-bond acceptors (Lipinski definition) is 3. The standard InChI is InChI=1S/C14H15NO3Se/c15-19(16,17)14-8-6-13(7-9-14)11-18-10-12-4-2-1-3-5-12/h1-9H,10-11H2,(H2,15,16,17). The molecule has 0 spiro atoms. The summed E-state index contributed by atoms with van der Waals surface area (Å²) >= 11 is -4.36. The van der Waals surface area contributed by atoms with Crippen LogP contribution in [-0.2, 0) is 25.6 Å². The van der Waals surface area contributed by atoms with E-state index in [1.807, 2.05) is 30.3 Å². The van der Waals surface area contributed by atoms with Crippen molar-refractivity contribution in [2.24, 2.45) is 4.75 Å². The molecule has 0 aliphatic rings. The minimum absolute atomic E-state index is 0.183. The van der Waals surface area contributed by atoms with Gasteiger partial charge in [-0.1, -0.05) is 0 Å². The summed E-state index contributed by atoms with van der Waals surface area (Å²) < 4.78 is 33.2. The molecule has 0 unspecified atom stereocenters. The van der Waals surface area contributed by atoms with Gasteiger partial charge in [0.15, 0.2) is 0 Å². The molecule has 0 aromatic heterocycles. The fourth-order valence-corrected chi connectivity index (χ4v) is 2.72. The fraction of sp³-hybridized carbons (Fsp3) is 0.143. The third-order valence-electron chi connectivity index (χ3n) is 2.63. The van der Waals surface area contributed by atoms with E-state index in [1.54, 1.807) is 12.1 Å². The van der Waals surface area contributed by atoms with Crippen molar-refractivity contribution < 1.29 is 12.4 Å². The molecule has 0 aliphatic heterocycles. The number of hydrogen-bond donors (Lipinski definition) is 1. The normalized spacial score (nSPS) is 11.4. The van der Waals surface area contributed by atoms with E-state index in [1.165, 1.54) is 12.1 Å². The van der Waals surface area contributed by atoms with Crippen LogP contribution in [0.2, 0.25) is 0 Å². The molecule has 2 aromatic carbocycles. The zero-order valence-electron chi connectivity index (χ0n) is 10.3. The van der Waals surface area contributed by atoms with Crippen molar-refractivity contribution in [2.45, 2.75) is 13.2 Å². The van der Waals surface area contributed by atoms with Crippen LogP contribution >= 0.6 is 0 Å². The van der Waals surface area contributed by atoms with Crippen LogP contribution in [0.5, 0.6) is 0 Å². The number of rotatable bonds is 5. The van der Waals surface area contributed by atoms with Crippen LogP contribution < -0.4 is 9.21 Å². The van der Waals surface area contributed by atoms with Crippen molar-refractivity contribution in [2.75, 3.05) is 0 Å². The zero-order chi connectivity index (χ0) is 13.7. The first-order chi connectivity index (χ1) is 9.05. The first-order valence-corrected chi connectivity index (χ1v) is 9.03. The Morgan fingerprint density at radius 3 is 1.89 bits per heavy atom. The minimum atomic E-state index is -4.36. The van der Waals surface area contributed by atoms with E-state index < -0.39 is 12.9 Å². The number of ether oxygens (including phenoxy) is 1. The molecular weight excluding hydrogens is 309 g/mol. The Kier molecular flexibility index (Phi) is 4.45. The SMILES string of the molecule is N[Se](=O)(=O)c1ccc(COCc2ccccc2)cc1. The van der Waals surface area contributed by atoms with Crippen LogP contribution in [0.3, 0.4) is 0 Å². The molecule has 0 heterocycles. The molecule has 19 heavy (non-hydrogen) atoms. The summed E-state index contributed by atoms with van der Waals surface area (Å²) in [6.45, 7) is 0.969. The van der Waals surface area contributed by atoms with Gasteiger partial charge in [0.05, 0.1) is 0 Å². The van der Waals surface area contributed by atoms with Gasteiger partial charge in [-0.15, -0.1) is 0 Å². The average molecular weight is 324 g/mol. The van der Waals surface area contributed by atoms with E-state index >= 15 is 0 Å². The van der Waals surface area contributed by atoms with Crippen molar-refractivity contribution in [3.05, 3.63) is 65.7 Å². The second-order valence-electron chi connectivity index (χ2n) is 4.17. The van der Waals surface area contributed by atoms with Crippen molar-refractivity contribution in [3.8, 4) is 0 Å². The van der Waals surface area contributed by atoms with Gasteiger partial charge in [0, 0.05) is 0 Å². The van der Waals surface area contributed by atoms with E-state index in [0.717, 1.165) is 11.1 Å². The van der Waals surface area contributed by atoms with E-state index in [4.69, 9.17) is 9.49 Å². The summed E-state index contributed by atoms with van der Waals surface area (Å²) in [4.78, 5) is 0. The van der Waals surface area contributed by atoms with Gasteiger partial charge in [-0.25, -0.2) is 0 Å². The summed E-state index contributed by atoms with van der Waals surface area (Å²) in [6.07, 6.45) is 0. The molecule has 4 nitrogen and oxygen atoms in total. The molecule has 0 bridgehead atoms. The van der Waals surface area contributed by atoms with Crippen molar-refractivity contribution in [1.82, 2.24) is 0 Å². The van der Waals surface area contributed by atoms with Crippen molar-refractivity contribution >= 4 is 17.4 Å². The number of nitrogens with two attached hydrogens (primary N) is 1. The summed E-state index contributed by atoms with van der Waals surface area (Å²) in [5, 5.41) is 0. The Hall–Kier alpha value is -1.52. The molecule has 100 valence electrons. The van der Waals surface area contributed by atoms with E-state index in [9.17, 15) is 7.67 Å². The van der Waals surface area contributed by atoms with Crippen molar-refractivity contribution in [3.63, 3.8) is 0 Å². The van der Waals surface area contributed by atoms with Gasteiger partial charge in [0.1, 0.15) is 0 Å². The van der Waals surface area contributed by atoms with Crippen LogP contribution in [-0.4, -0.2) is 12.9 Å². The van der Waals surface area contributed by atoms with Crippen LogP contribution in [0.4, 0.5) is 0 Å². The molecule has 5 heteroatoms. The van der Waals surface area contributed by atoms with Gasteiger partial charge in [-0.05, 0) is 0 Å². The van der Waals surface area contributed by atoms with Crippen LogP contribution in [0.15, 0.2) is 54.6 Å². The Labute approximate surface area is 114 Å². The summed E-state index contributed by atoms with van der Waals surface area (Å²) in [6, 6.07) is 16.3. The maximum absolute atomic E-state index is 11.2. The molecule has 0 aliphatic carbocycles. The first-order valence-electron chi connectivity index (χ1n) is 5.79. The van der Waals surface area contributed by atoms with Crippen LogP contribution in [0.1, 0.15) is 11.1 Å². The molecule has 0 saturated heterocycles. The van der Waals surface area contributed by atoms with Gasteiger partial charge in [0.2, 0.25) is 0 Å². The Bertz CT molecular complexity index is 622. The third-order valence-corrected chi connectivity index (χ3v) is 4.58. The summed E-state index contributed by atoms with van der Waals surface area (Å²) in [5.74, 6) is 0. The molecule has 2 rings (SSSR count). The number of benzene rings is 2. The monoisotopic (exact) mass is 325 g/mol. The van der Waals surface area contributed by atoms with E-state index in [2.05, 4.69) is 0 Å². The Morgan fingerprint density at radius 2 is 1.37 bits per heavy atom. The summed E-state index contributed by atoms with van der Waals surface area (Å²) in [7, 11) is 0. The van der Waals surface area contributed by atoms with Gasteiger partial charge in [-0.2, -0.15) is 0 Å². The van der Waals surface area contributed by atoms with E-state index in [0.29, 0.717) is 13.2 Å². The quantitative estimate of drug-likeness (QED) is 0.844. The summed E-state index contributed by atoms with van der Waals surface area (Å²) in [5.41, 5.74) is 2.02. The molecule has 0 radical (unpaired) electrons. The second-order valence-corrected chi connectivity index (χ2v) is 7.44. The molecule has 2 aromatic rings. The maximum atomic E-state index is 11.2. The van der Waals surface area contributed by atoms with Crippen LogP contribution in [0.25, 0.3) is 0 Å². The Balaban J connectivity index is 1.90. The topological polar surface area (TPSA) is 69.4 Å².